The molecule has 0 fully saturated rings. The van der Waals surface area contributed by atoms with E-state index in [2.05, 4.69) is 10.4 Å². The average Bonchev–Trinajstić information content (AvgIpc) is 2.75. The lowest BCUT2D eigenvalue weighted by atomic mass is 10.1. The van der Waals surface area contributed by atoms with E-state index in [0.717, 1.165) is 0 Å². The normalized spacial score (nSPS) is 14.8. The minimum atomic E-state index is -0.354. The number of benzene rings is 1. The molecule has 0 saturated carbocycles. The fourth-order valence-electron chi connectivity index (χ4n) is 1.92. The summed E-state index contributed by atoms with van der Waals surface area (Å²) in [6, 6.07) is 6.36. The lowest BCUT2D eigenvalue weighted by Crippen LogP contribution is -2.29. The van der Waals surface area contributed by atoms with E-state index in [1.165, 1.54) is 10.7 Å². The summed E-state index contributed by atoms with van der Waals surface area (Å²) in [5, 5.41) is 7.18. The van der Waals surface area contributed by atoms with Gasteiger partial charge in [-0.15, -0.1) is 0 Å². The molecule has 1 aliphatic rings. The molecule has 0 unspecified atom stereocenters. The predicted molar refractivity (Wildman–Crippen MR) is 59.6 cm³/mol. The first-order valence-electron chi connectivity index (χ1n) is 5.33. The van der Waals surface area contributed by atoms with Gasteiger partial charge in [0.2, 0.25) is 0 Å². The van der Waals surface area contributed by atoms with Gasteiger partial charge in [-0.05, 0) is 12.1 Å². The Morgan fingerprint density at radius 3 is 2.88 bits per heavy atom. The summed E-state index contributed by atoms with van der Waals surface area (Å²) >= 11 is 0. The molecule has 1 aromatic carbocycles. The molecule has 0 spiro atoms. The van der Waals surface area contributed by atoms with E-state index < -0.39 is 0 Å². The number of carbonyl (C=O) groups excluding carboxylic acids is 1. The number of Topliss-reactive ketones (excluding diaryl/α,β-unsaturated/α-hetero) is 1. The second-order valence-corrected chi connectivity index (χ2v) is 3.91. The van der Waals surface area contributed by atoms with Gasteiger partial charge >= 0.3 is 0 Å². The third-order valence-corrected chi connectivity index (χ3v) is 2.77. The van der Waals surface area contributed by atoms with E-state index in [1.807, 2.05) is 0 Å². The Morgan fingerprint density at radius 2 is 2.12 bits per heavy atom. The van der Waals surface area contributed by atoms with Crippen LogP contribution in [0.1, 0.15) is 16.1 Å². The fourth-order valence-corrected chi connectivity index (χ4v) is 1.92. The first kappa shape index (κ1) is 10.2. The minimum Gasteiger partial charge on any atom is -0.304 e. The number of rotatable bonds is 1. The molecular formula is C12H10FN3O. The third kappa shape index (κ3) is 1.64. The number of aromatic nitrogens is 2. The van der Waals surface area contributed by atoms with Crippen LogP contribution in [0.25, 0.3) is 5.69 Å². The number of para-hydroxylation sites is 1. The van der Waals surface area contributed by atoms with E-state index >= 15 is 0 Å². The highest BCUT2D eigenvalue weighted by Gasteiger charge is 2.21. The highest BCUT2D eigenvalue weighted by atomic mass is 19.1. The molecule has 1 aromatic heterocycles. The second kappa shape index (κ2) is 3.78. The van der Waals surface area contributed by atoms with Gasteiger partial charge in [-0.3, -0.25) is 4.79 Å². The molecule has 4 nitrogen and oxygen atoms in total. The van der Waals surface area contributed by atoms with E-state index in [0.29, 0.717) is 30.0 Å². The molecule has 0 bridgehead atoms. The van der Waals surface area contributed by atoms with Gasteiger partial charge in [-0.1, -0.05) is 12.1 Å². The van der Waals surface area contributed by atoms with Crippen LogP contribution >= 0.6 is 0 Å². The van der Waals surface area contributed by atoms with Crippen molar-refractivity contribution in [3.8, 4) is 5.69 Å². The van der Waals surface area contributed by atoms with E-state index in [9.17, 15) is 9.18 Å². The van der Waals surface area contributed by atoms with Crippen molar-refractivity contribution < 1.29 is 9.18 Å². The van der Waals surface area contributed by atoms with Crippen LogP contribution in [0.5, 0.6) is 0 Å². The maximum absolute atomic E-state index is 13.6. The summed E-state index contributed by atoms with van der Waals surface area (Å²) in [6.07, 6.45) is 1.59. The van der Waals surface area contributed by atoms with Gasteiger partial charge in [-0.25, -0.2) is 9.07 Å². The molecule has 3 rings (SSSR count). The van der Waals surface area contributed by atoms with Crippen molar-refractivity contribution in [2.75, 3.05) is 6.54 Å². The van der Waals surface area contributed by atoms with Crippen molar-refractivity contribution in [3.05, 3.63) is 47.5 Å². The predicted octanol–water partition coefficient (Wildman–Crippen LogP) is 1.30. The molecule has 5 heteroatoms. The lowest BCUT2D eigenvalue weighted by Gasteiger charge is -2.08. The van der Waals surface area contributed by atoms with Crippen LogP contribution in [0.15, 0.2) is 30.5 Å². The molecule has 0 saturated heterocycles. The number of halogens is 1. The van der Waals surface area contributed by atoms with E-state index in [4.69, 9.17) is 0 Å². The largest absolute Gasteiger partial charge is 0.304 e. The van der Waals surface area contributed by atoms with Crippen molar-refractivity contribution >= 4 is 5.78 Å². The summed E-state index contributed by atoms with van der Waals surface area (Å²) in [4.78, 5) is 11.6. The Hall–Kier alpha value is -2.01. The molecule has 1 N–H and O–H groups in total. The number of nitrogens with zero attached hydrogens (tertiary/aromatic N) is 2. The Labute approximate surface area is 97.1 Å². The lowest BCUT2D eigenvalue weighted by molar-refractivity contribution is 0.0982. The van der Waals surface area contributed by atoms with Crippen LogP contribution < -0.4 is 5.32 Å². The minimum absolute atomic E-state index is 0.00570. The molecule has 0 aliphatic carbocycles. The van der Waals surface area contributed by atoms with Gasteiger partial charge in [0.05, 0.1) is 17.8 Å². The monoisotopic (exact) mass is 231 g/mol. The van der Waals surface area contributed by atoms with Crippen LogP contribution in [0.2, 0.25) is 0 Å². The highest BCUT2D eigenvalue weighted by molar-refractivity contribution is 5.99. The SMILES string of the molecule is O=C1CNCc2nn(-c3ccccc3F)cc21. The summed E-state index contributed by atoms with van der Waals surface area (Å²) in [6.45, 7) is 0.860. The van der Waals surface area contributed by atoms with E-state index in [-0.39, 0.29) is 11.6 Å². The van der Waals surface area contributed by atoms with Gasteiger partial charge in [0.15, 0.2) is 5.78 Å². The molecule has 0 amide bonds. The highest BCUT2D eigenvalue weighted by Crippen LogP contribution is 2.17. The summed E-state index contributed by atoms with van der Waals surface area (Å²) < 4.78 is 15.0. The first-order valence-corrected chi connectivity index (χ1v) is 5.33. The Bertz CT molecular complexity index is 591. The van der Waals surface area contributed by atoms with Gasteiger partial charge in [-0.2, -0.15) is 5.10 Å². The molecule has 2 aromatic rings. The number of hydrogen-bond donors (Lipinski definition) is 1. The molecule has 0 radical (unpaired) electrons. The Kier molecular flexibility index (Phi) is 2.26. The van der Waals surface area contributed by atoms with Crippen LogP contribution in [-0.4, -0.2) is 22.1 Å². The van der Waals surface area contributed by atoms with Crippen LogP contribution in [0, 0.1) is 5.82 Å². The maximum atomic E-state index is 13.6. The zero-order valence-electron chi connectivity index (χ0n) is 8.98. The van der Waals surface area contributed by atoms with Crippen LogP contribution in [0.3, 0.4) is 0 Å². The Balaban J connectivity index is 2.11. The van der Waals surface area contributed by atoms with Gasteiger partial charge < -0.3 is 5.32 Å². The number of hydrogen-bond acceptors (Lipinski definition) is 3. The fraction of sp³-hybridized carbons (Fsp3) is 0.167. The van der Waals surface area contributed by atoms with Crippen molar-refractivity contribution in [1.29, 1.82) is 0 Å². The van der Waals surface area contributed by atoms with Crippen molar-refractivity contribution in [2.24, 2.45) is 0 Å². The zero-order chi connectivity index (χ0) is 11.8. The number of ketones is 1. The van der Waals surface area contributed by atoms with Gasteiger partial charge in [0.1, 0.15) is 11.5 Å². The van der Waals surface area contributed by atoms with Gasteiger partial charge in [0.25, 0.3) is 0 Å². The van der Waals surface area contributed by atoms with Crippen LogP contribution in [0.4, 0.5) is 4.39 Å². The summed E-state index contributed by atoms with van der Waals surface area (Å²) in [5.74, 6) is -0.360. The molecular weight excluding hydrogens is 221 g/mol. The first-order chi connectivity index (χ1) is 8.25. The standard InChI is InChI=1S/C12H10FN3O/c13-9-3-1-2-4-11(9)16-7-8-10(15-16)5-14-6-12(8)17/h1-4,7,14H,5-6H2. The zero-order valence-corrected chi connectivity index (χ0v) is 8.98. The summed E-state index contributed by atoms with van der Waals surface area (Å²) in [5.41, 5.74) is 1.60. The quantitative estimate of drug-likeness (QED) is 0.804. The number of fused-ring (bicyclic) bond motifs is 1. The topological polar surface area (TPSA) is 46.9 Å². The van der Waals surface area contributed by atoms with Crippen molar-refractivity contribution in [2.45, 2.75) is 6.54 Å². The average molecular weight is 231 g/mol. The molecule has 17 heavy (non-hydrogen) atoms. The third-order valence-electron chi connectivity index (χ3n) is 2.77. The van der Waals surface area contributed by atoms with Gasteiger partial charge in [0, 0.05) is 12.7 Å². The van der Waals surface area contributed by atoms with Crippen LogP contribution in [-0.2, 0) is 6.54 Å². The molecule has 0 atom stereocenters. The summed E-state index contributed by atoms with van der Waals surface area (Å²) in [7, 11) is 0. The number of nitrogens with one attached hydrogen (secondary N) is 1. The van der Waals surface area contributed by atoms with Crippen molar-refractivity contribution in [3.63, 3.8) is 0 Å². The smallest absolute Gasteiger partial charge is 0.180 e. The Morgan fingerprint density at radius 1 is 1.29 bits per heavy atom. The molecule has 1 aliphatic heterocycles. The van der Waals surface area contributed by atoms with E-state index in [1.54, 1.807) is 24.4 Å². The second-order valence-electron chi connectivity index (χ2n) is 3.91. The molecule has 86 valence electrons. The molecule has 2 heterocycles. The maximum Gasteiger partial charge on any atom is 0.180 e. The van der Waals surface area contributed by atoms with Crippen molar-refractivity contribution in [1.82, 2.24) is 15.1 Å². The number of carbonyl (C=O) groups is 1.